The van der Waals surface area contributed by atoms with Crippen molar-refractivity contribution in [1.82, 2.24) is 0 Å². The summed E-state index contributed by atoms with van der Waals surface area (Å²) in [4.78, 5) is 14.8. The van der Waals surface area contributed by atoms with Crippen LogP contribution in [0.15, 0.2) is 158 Å². The van der Waals surface area contributed by atoms with Crippen molar-refractivity contribution in [2.75, 3.05) is 4.90 Å². The summed E-state index contributed by atoms with van der Waals surface area (Å²) in [6.07, 6.45) is 0. The van der Waals surface area contributed by atoms with Crippen LogP contribution in [0.4, 0.5) is 16.2 Å². The molecule has 208 valence electrons. The second-order valence-corrected chi connectivity index (χ2v) is 14.4. The van der Waals surface area contributed by atoms with Crippen LogP contribution in [0.3, 0.4) is 0 Å². The molecule has 0 saturated carbocycles. The van der Waals surface area contributed by atoms with Gasteiger partial charge in [0.2, 0.25) is 0 Å². The molecule has 6 aromatic carbocycles. The molecular weight excluding hydrogens is 566 g/mol. The van der Waals surface area contributed by atoms with Crippen molar-refractivity contribution in [3.05, 3.63) is 158 Å². The van der Waals surface area contributed by atoms with Crippen LogP contribution in [0.5, 0.6) is 11.5 Å². The maximum absolute atomic E-state index is 13.2. The first kappa shape index (κ1) is 27.1. The second kappa shape index (κ2) is 11.9. The number of fused-ring (bicyclic) bond motifs is 2. The van der Waals surface area contributed by atoms with Gasteiger partial charge in [-0.05, 0) is 61.3 Å². The number of nitrogens with zero attached hydrogens (tertiary/aromatic N) is 1. The van der Waals surface area contributed by atoms with E-state index in [2.05, 4.69) is 109 Å². The van der Waals surface area contributed by atoms with Crippen LogP contribution < -0.4 is 47.2 Å². The summed E-state index contributed by atoms with van der Waals surface area (Å²) >= 11 is 0. The highest BCUT2D eigenvalue weighted by Gasteiger charge is 2.35. The molecule has 2 N–H and O–H groups in total. The Balaban J connectivity index is 1.46. The van der Waals surface area contributed by atoms with Crippen molar-refractivity contribution in [2.24, 2.45) is 5.73 Å². The third kappa shape index (κ3) is 5.10. The Morgan fingerprint density at radius 3 is 1.09 bits per heavy atom. The van der Waals surface area contributed by atoms with E-state index in [1.165, 1.54) is 21.2 Å². The van der Waals surface area contributed by atoms with Gasteiger partial charge < -0.3 is 10.5 Å². The van der Waals surface area contributed by atoms with Crippen molar-refractivity contribution in [3.63, 3.8) is 0 Å². The molecule has 0 saturated heterocycles. The van der Waals surface area contributed by atoms with E-state index < -0.39 is 21.9 Å². The number of hydrogen-bond acceptors (Lipinski definition) is 2. The Kier molecular flexibility index (Phi) is 7.47. The fraction of sp³-hybridized carbons (Fsp3) is 0. The molecule has 0 spiro atoms. The molecule has 0 fully saturated rings. The van der Waals surface area contributed by atoms with Crippen molar-refractivity contribution in [2.45, 2.75) is 0 Å². The highest BCUT2D eigenvalue weighted by atomic mass is 31.1. The molecule has 7 rings (SSSR count). The van der Waals surface area contributed by atoms with Crippen molar-refractivity contribution < 1.29 is 9.53 Å². The molecule has 0 aliphatic carbocycles. The summed E-state index contributed by atoms with van der Waals surface area (Å²) in [7, 11) is -2.00. The summed E-state index contributed by atoms with van der Waals surface area (Å²) in [6.45, 7) is 0. The Hall–Kier alpha value is -4.75. The molecule has 0 atom stereocenters. The fourth-order valence-corrected chi connectivity index (χ4v) is 10.4. The summed E-state index contributed by atoms with van der Waals surface area (Å²) < 4.78 is 7.05. The van der Waals surface area contributed by atoms with Crippen molar-refractivity contribution in [1.29, 1.82) is 0 Å². The van der Waals surface area contributed by atoms with Gasteiger partial charge in [-0.2, -0.15) is 0 Å². The third-order valence-corrected chi connectivity index (χ3v) is 12.3. The number of rotatable bonds is 6. The van der Waals surface area contributed by atoms with Gasteiger partial charge >= 0.3 is 6.03 Å². The monoisotopic (exact) mass is 594 g/mol. The van der Waals surface area contributed by atoms with E-state index in [1.54, 1.807) is 4.90 Å². The molecule has 1 heterocycles. The first-order valence-corrected chi connectivity index (χ1v) is 16.7. The Morgan fingerprint density at radius 2 is 0.791 bits per heavy atom. The zero-order valence-corrected chi connectivity index (χ0v) is 25.0. The van der Waals surface area contributed by atoms with Gasteiger partial charge in [-0.1, -0.05) is 133 Å². The Morgan fingerprint density at radius 1 is 0.465 bits per heavy atom. The van der Waals surface area contributed by atoms with Gasteiger partial charge in [0, 0.05) is 10.6 Å². The van der Waals surface area contributed by atoms with Gasteiger partial charge in [0.05, 0.1) is 11.4 Å². The summed E-state index contributed by atoms with van der Waals surface area (Å²) in [6, 6.07) is 53.5. The lowest BCUT2D eigenvalue weighted by molar-refractivity contribution is 0.255. The first-order chi connectivity index (χ1) is 21.2. The van der Waals surface area contributed by atoms with Crippen molar-refractivity contribution in [3.8, 4) is 11.5 Å². The number of primary amides is 1. The van der Waals surface area contributed by atoms with Gasteiger partial charge in [0.15, 0.2) is 11.5 Å². The Bertz CT molecular complexity index is 1670. The quantitative estimate of drug-likeness (QED) is 0.223. The number of urea groups is 1. The number of carbonyl (C=O) groups excluding carboxylic acids is 1. The molecule has 1 aliphatic rings. The molecule has 4 nitrogen and oxygen atoms in total. The zero-order valence-electron chi connectivity index (χ0n) is 23.2. The topological polar surface area (TPSA) is 55.6 Å². The maximum Gasteiger partial charge on any atom is 0.324 e. The molecule has 43 heavy (non-hydrogen) atoms. The zero-order chi connectivity index (χ0) is 29.2. The number of hydrogen-bond donors (Lipinski definition) is 1. The van der Waals surface area contributed by atoms with Crippen LogP contribution in [0, 0.1) is 0 Å². The van der Waals surface area contributed by atoms with E-state index in [0.717, 1.165) is 10.6 Å². The van der Waals surface area contributed by atoms with Gasteiger partial charge in [0.1, 0.15) is 0 Å². The molecule has 0 radical (unpaired) electrons. The lowest BCUT2D eigenvalue weighted by Gasteiger charge is -2.35. The van der Waals surface area contributed by atoms with Crippen LogP contribution in [0.1, 0.15) is 0 Å². The normalized spacial score (nSPS) is 12.0. The van der Waals surface area contributed by atoms with E-state index in [0.29, 0.717) is 22.9 Å². The molecule has 1 aliphatic heterocycles. The molecule has 6 aromatic rings. The maximum atomic E-state index is 13.2. The van der Waals surface area contributed by atoms with Crippen molar-refractivity contribution >= 4 is 65.1 Å². The average Bonchev–Trinajstić information content (AvgIpc) is 3.06. The van der Waals surface area contributed by atoms with E-state index >= 15 is 0 Å². The van der Waals surface area contributed by atoms with Crippen LogP contribution in [0.2, 0.25) is 0 Å². The number of carbonyl (C=O) groups is 1. The summed E-state index contributed by atoms with van der Waals surface area (Å²) in [5.74, 6) is 1.33. The predicted octanol–water partition coefficient (Wildman–Crippen LogP) is 6.53. The number of para-hydroxylation sites is 2. The van der Waals surface area contributed by atoms with Gasteiger partial charge in [-0.3, -0.25) is 4.90 Å². The van der Waals surface area contributed by atoms with E-state index in [-0.39, 0.29) is 0 Å². The van der Waals surface area contributed by atoms with Crippen LogP contribution in [-0.2, 0) is 0 Å². The Labute approximate surface area is 253 Å². The smallest absolute Gasteiger partial charge is 0.324 e. The number of benzene rings is 6. The summed E-state index contributed by atoms with van der Waals surface area (Å²) in [5, 5.41) is 6.84. The molecule has 0 unspecified atom stereocenters. The highest BCUT2D eigenvalue weighted by Crippen LogP contribution is 2.51. The standard InChI is InChI=1S/C37H28N2O2P2/c38-37(40)39-31-23-13-25-33(42(27-15-5-1-6-16-27)28-17-7-2-8-18-28)35(31)41-36-32(39)24-14-26-34(36)43(29-19-9-3-10-20-29)30-21-11-4-12-22-30/h1-26H,(H2,38,40). The van der Waals surface area contributed by atoms with E-state index in [4.69, 9.17) is 10.5 Å². The van der Waals surface area contributed by atoms with Gasteiger partial charge in [0.25, 0.3) is 0 Å². The first-order valence-electron chi connectivity index (χ1n) is 14.0. The van der Waals surface area contributed by atoms with Gasteiger partial charge in [-0.25, -0.2) is 4.79 Å². The van der Waals surface area contributed by atoms with Crippen LogP contribution >= 0.6 is 15.8 Å². The molecule has 0 aromatic heterocycles. The van der Waals surface area contributed by atoms with Crippen LogP contribution in [0.25, 0.3) is 0 Å². The summed E-state index contributed by atoms with van der Waals surface area (Å²) in [5.41, 5.74) is 7.44. The SMILES string of the molecule is NC(=O)N1c2cccc(P(c3ccccc3)c3ccccc3)c2Oc2c1cccc2P(c1ccccc1)c1ccccc1. The average molecular weight is 595 g/mol. The molecule has 6 heteroatoms. The van der Waals surface area contributed by atoms with Crippen LogP contribution in [-0.4, -0.2) is 6.03 Å². The largest absolute Gasteiger partial charge is 0.452 e. The fourth-order valence-electron chi connectivity index (χ4n) is 5.57. The molecular formula is C37H28N2O2P2. The lowest BCUT2D eigenvalue weighted by atomic mass is 10.1. The highest BCUT2D eigenvalue weighted by molar-refractivity contribution is 7.80. The van der Waals surface area contributed by atoms with Gasteiger partial charge in [-0.15, -0.1) is 0 Å². The minimum Gasteiger partial charge on any atom is -0.452 e. The van der Waals surface area contributed by atoms with E-state index in [1.807, 2.05) is 48.5 Å². The number of ether oxygens (including phenoxy) is 1. The number of anilines is 2. The minimum absolute atomic E-state index is 0.549. The molecule has 0 bridgehead atoms. The van der Waals surface area contributed by atoms with E-state index in [9.17, 15) is 4.79 Å². The second-order valence-electron chi connectivity index (χ2n) is 10.0. The predicted molar refractivity (Wildman–Crippen MR) is 182 cm³/mol. The lowest BCUT2D eigenvalue weighted by Crippen LogP contribution is -2.36. The minimum atomic E-state index is -0.999. The number of nitrogens with two attached hydrogens (primary N) is 1. The molecule has 2 amide bonds. The number of amides is 2. The third-order valence-electron chi connectivity index (χ3n) is 7.39.